The van der Waals surface area contributed by atoms with Gasteiger partial charge in [-0.2, -0.15) is 4.31 Å². The zero-order valence-corrected chi connectivity index (χ0v) is 18.8. The molecule has 0 aromatic heterocycles. The van der Waals surface area contributed by atoms with E-state index >= 15 is 0 Å². The van der Waals surface area contributed by atoms with E-state index in [2.05, 4.69) is 5.32 Å². The van der Waals surface area contributed by atoms with Gasteiger partial charge in [0, 0.05) is 18.7 Å². The van der Waals surface area contributed by atoms with Crippen LogP contribution in [-0.4, -0.2) is 38.8 Å². The topological polar surface area (TPSA) is 75.7 Å². The number of halogens is 1. The van der Waals surface area contributed by atoms with Crippen molar-refractivity contribution in [3.05, 3.63) is 58.6 Å². The number of hydrogen-bond acceptors (Lipinski definition) is 4. The second-order valence-corrected chi connectivity index (χ2v) is 9.63. The van der Waals surface area contributed by atoms with Crippen molar-refractivity contribution in [2.24, 2.45) is 0 Å². The van der Waals surface area contributed by atoms with Crippen LogP contribution < -0.4 is 10.1 Å². The van der Waals surface area contributed by atoms with Crippen LogP contribution in [-0.2, 0) is 10.0 Å². The summed E-state index contributed by atoms with van der Waals surface area (Å²) >= 11 is 6.21. The Morgan fingerprint density at radius 2 is 1.80 bits per heavy atom. The standard InChI is InChI=1S/C22H27ClN2O4S/c1-3-20(16-7-10-18(29-2)11-8-16)24-22(26)17-9-12-19(23)21(15-17)30(27,28)25-13-5-4-6-14-25/h7-12,15,20H,3-6,13-14H2,1-2H3,(H,24,26). The Balaban J connectivity index is 1.82. The molecule has 1 fully saturated rings. The molecule has 1 amide bonds. The van der Waals surface area contributed by atoms with E-state index < -0.39 is 10.0 Å². The Labute approximate surface area is 183 Å². The first-order valence-corrected chi connectivity index (χ1v) is 11.9. The highest BCUT2D eigenvalue weighted by Crippen LogP contribution is 2.28. The van der Waals surface area contributed by atoms with Crippen LogP contribution in [0.1, 0.15) is 54.6 Å². The van der Waals surface area contributed by atoms with Crippen molar-refractivity contribution in [2.45, 2.75) is 43.5 Å². The van der Waals surface area contributed by atoms with Crippen LogP contribution >= 0.6 is 11.6 Å². The number of nitrogens with zero attached hydrogens (tertiary/aromatic N) is 1. The molecular weight excluding hydrogens is 424 g/mol. The molecule has 162 valence electrons. The normalized spacial score (nSPS) is 16.1. The van der Waals surface area contributed by atoms with E-state index in [1.165, 1.54) is 16.4 Å². The van der Waals surface area contributed by atoms with Gasteiger partial charge in [0.1, 0.15) is 10.6 Å². The van der Waals surface area contributed by atoms with E-state index in [0.29, 0.717) is 19.5 Å². The van der Waals surface area contributed by atoms with E-state index in [1.54, 1.807) is 13.2 Å². The largest absolute Gasteiger partial charge is 0.497 e. The fourth-order valence-electron chi connectivity index (χ4n) is 3.59. The first-order valence-electron chi connectivity index (χ1n) is 10.1. The second-order valence-electron chi connectivity index (χ2n) is 7.32. The number of carbonyl (C=O) groups excluding carboxylic acids is 1. The Hall–Kier alpha value is -2.09. The first kappa shape index (κ1) is 22.6. The maximum absolute atomic E-state index is 13.0. The predicted molar refractivity (Wildman–Crippen MR) is 118 cm³/mol. The molecule has 0 radical (unpaired) electrons. The molecule has 30 heavy (non-hydrogen) atoms. The number of piperidine rings is 1. The number of benzene rings is 2. The van der Waals surface area contributed by atoms with Gasteiger partial charge in [-0.25, -0.2) is 8.42 Å². The van der Waals surface area contributed by atoms with Crippen LogP contribution in [0, 0.1) is 0 Å². The number of methoxy groups -OCH3 is 1. The number of hydrogen-bond donors (Lipinski definition) is 1. The second kappa shape index (κ2) is 9.81. The predicted octanol–water partition coefficient (Wildman–Crippen LogP) is 4.40. The summed E-state index contributed by atoms with van der Waals surface area (Å²) in [6.07, 6.45) is 3.37. The van der Waals surface area contributed by atoms with E-state index in [-0.39, 0.29) is 27.4 Å². The van der Waals surface area contributed by atoms with Gasteiger partial charge >= 0.3 is 0 Å². The highest BCUT2D eigenvalue weighted by molar-refractivity contribution is 7.89. The molecule has 1 saturated heterocycles. The molecule has 1 atom stereocenters. The average Bonchev–Trinajstić information content (AvgIpc) is 2.78. The lowest BCUT2D eigenvalue weighted by atomic mass is 10.0. The quantitative estimate of drug-likeness (QED) is 0.678. The molecule has 1 aliphatic heterocycles. The Morgan fingerprint density at radius 1 is 1.13 bits per heavy atom. The minimum atomic E-state index is -3.74. The molecule has 0 bridgehead atoms. The average molecular weight is 451 g/mol. The lowest BCUT2D eigenvalue weighted by Gasteiger charge is -2.26. The Morgan fingerprint density at radius 3 is 2.40 bits per heavy atom. The third-order valence-electron chi connectivity index (χ3n) is 5.36. The molecule has 1 aliphatic rings. The summed E-state index contributed by atoms with van der Waals surface area (Å²) in [4.78, 5) is 12.9. The molecule has 1 N–H and O–H groups in total. The summed E-state index contributed by atoms with van der Waals surface area (Å²) in [5, 5.41) is 3.11. The molecule has 0 spiro atoms. The summed E-state index contributed by atoms with van der Waals surface area (Å²) in [5.74, 6) is 0.398. The third kappa shape index (κ3) is 4.96. The summed E-state index contributed by atoms with van der Waals surface area (Å²) in [5.41, 5.74) is 1.21. The third-order valence-corrected chi connectivity index (χ3v) is 7.74. The fourth-order valence-corrected chi connectivity index (χ4v) is 5.60. The maximum Gasteiger partial charge on any atom is 0.251 e. The van der Waals surface area contributed by atoms with Crippen molar-refractivity contribution in [1.29, 1.82) is 0 Å². The summed E-state index contributed by atoms with van der Waals surface area (Å²) in [6.45, 7) is 2.93. The van der Waals surface area contributed by atoms with E-state index in [1.807, 2.05) is 31.2 Å². The van der Waals surface area contributed by atoms with Crippen molar-refractivity contribution in [2.75, 3.05) is 20.2 Å². The monoisotopic (exact) mass is 450 g/mol. The number of amides is 1. The van der Waals surface area contributed by atoms with Gasteiger partial charge in [0.25, 0.3) is 5.91 Å². The minimum absolute atomic E-state index is 0.0174. The highest BCUT2D eigenvalue weighted by atomic mass is 35.5. The summed E-state index contributed by atoms with van der Waals surface area (Å²) in [6, 6.07) is 11.7. The van der Waals surface area contributed by atoms with Crippen LogP contribution in [0.2, 0.25) is 5.02 Å². The Bertz CT molecular complexity index is 987. The van der Waals surface area contributed by atoms with Crippen molar-refractivity contribution in [1.82, 2.24) is 9.62 Å². The zero-order valence-electron chi connectivity index (χ0n) is 17.2. The molecule has 3 rings (SSSR count). The van der Waals surface area contributed by atoms with Gasteiger partial charge < -0.3 is 10.1 Å². The molecular formula is C22H27ClN2O4S. The first-order chi connectivity index (χ1) is 14.4. The molecule has 0 aliphatic carbocycles. The van der Waals surface area contributed by atoms with Crippen LogP contribution in [0.3, 0.4) is 0 Å². The van der Waals surface area contributed by atoms with Gasteiger partial charge in [0.2, 0.25) is 10.0 Å². The zero-order chi connectivity index (χ0) is 21.7. The van der Waals surface area contributed by atoms with E-state index in [9.17, 15) is 13.2 Å². The van der Waals surface area contributed by atoms with Gasteiger partial charge in [-0.1, -0.05) is 37.1 Å². The molecule has 1 heterocycles. The van der Waals surface area contributed by atoms with Crippen molar-refractivity contribution >= 4 is 27.5 Å². The van der Waals surface area contributed by atoms with E-state index in [0.717, 1.165) is 30.6 Å². The molecule has 6 nitrogen and oxygen atoms in total. The number of rotatable bonds is 7. The lowest BCUT2D eigenvalue weighted by Crippen LogP contribution is -2.36. The number of ether oxygens (including phenoxy) is 1. The lowest BCUT2D eigenvalue weighted by molar-refractivity contribution is 0.0935. The Kier molecular flexibility index (Phi) is 7.39. The van der Waals surface area contributed by atoms with E-state index in [4.69, 9.17) is 16.3 Å². The van der Waals surface area contributed by atoms with Crippen LogP contribution in [0.25, 0.3) is 0 Å². The van der Waals surface area contributed by atoms with Crippen LogP contribution in [0.5, 0.6) is 5.75 Å². The fraction of sp³-hybridized carbons (Fsp3) is 0.409. The minimum Gasteiger partial charge on any atom is -0.497 e. The summed E-state index contributed by atoms with van der Waals surface area (Å²) in [7, 11) is -2.13. The van der Waals surface area contributed by atoms with Crippen LogP contribution in [0.4, 0.5) is 0 Å². The van der Waals surface area contributed by atoms with Gasteiger partial charge in [-0.05, 0) is 55.2 Å². The highest BCUT2D eigenvalue weighted by Gasteiger charge is 2.29. The molecule has 2 aromatic carbocycles. The number of carbonyl (C=O) groups is 1. The van der Waals surface area contributed by atoms with Gasteiger partial charge in [0.05, 0.1) is 18.2 Å². The molecule has 8 heteroatoms. The molecule has 1 unspecified atom stereocenters. The SMILES string of the molecule is CCC(NC(=O)c1ccc(Cl)c(S(=O)(=O)N2CCCCC2)c1)c1ccc(OC)cc1. The maximum atomic E-state index is 13.0. The number of sulfonamides is 1. The van der Waals surface area contributed by atoms with Crippen molar-refractivity contribution in [3.63, 3.8) is 0 Å². The van der Waals surface area contributed by atoms with Crippen LogP contribution in [0.15, 0.2) is 47.4 Å². The van der Waals surface area contributed by atoms with Crippen molar-refractivity contribution in [3.8, 4) is 5.75 Å². The smallest absolute Gasteiger partial charge is 0.251 e. The number of nitrogens with one attached hydrogen (secondary N) is 1. The molecule has 2 aromatic rings. The van der Waals surface area contributed by atoms with Gasteiger partial charge in [-0.3, -0.25) is 4.79 Å². The van der Waals surface area contributed by atoms with Crippen molar-refractivity contribution < 1.29 is 17.9 Å². The van der Waals surface area contributed by atoms with Gasteiger partial charge in [-0.15, -0.1) is 0 Å². The molecule has 0 saturated carbocycles. The summed E-state index contributed by atoms with van der Waals surface area (Å²) < 4.78 is 32.7. The van der Waals surface area contributed by atoms with Gasteiger partial charge in [0.15, 0.2) is 0 Å².